The fourth-order valence-corrected chi connectivity index (χ4v) is 3.72. The number of halogens is 2. The van der Waals surface area contributed by atoms with Crippen molar-refractivity contribution in [2.24, 2.45) is 0 Å². The Morgan fingerprint density at radius 2 is 1.96 bits per heavy atom. The molecule has 146 valence electrons. The second-order valence-corrected chi connectivity index (χ2v) is 9.18. The zero-order valence-corrected chi connectivity index (χ0v) is 18.3. The molecule has 1 fully saturated rings. The number of nitrogens with one attached hydrogen (secondary N) is 1. The van der Waals surface area contributed by atoms with E-state index < -0.39 is 0 Å². The maximum Gasteiger partial charge on any atom is 0.151 e. The van der Waals surface area contributed by atoms with Crippen molar-refractivity contribution in [1.82, 2.24) is 4.98 Å². The number of nitrogens with zero attached hydrogens (tertiary/aromatic N) is 2. The van der Waals surface area contributed by atoms with Gasteiger partial charge in [0.2, 0.25) is 0 Å². The zero-order chi connectivity index (χ0) is 20.0. The Morgan fingerprint density at radius 1 is 1.26 bits per heavy atom. The van der Waals surface area contributed by atoms with Gasteiger partial charge in [-0.25, -0.2) is 4.98 Å². The number of hydrogen-bond acceptors (Lipinski definition) is 5. The van der Waals surface area contributed by atoms with Gasteiger partial charge in [-0.05, 0) is 60.5 Å². The SMILES string of the molecule is CC(C)SN(C)c1cc(C=O)c(Cl)cn1.CNc1cc(Cl)cc(C2CC2)c1. The molecule has 0 unspecified atom stereocenters. The number of rotatable bonds is 6. The summed E-state index contributed by atoms with van der Waals surface area (Å²) in [5.41, 5.74) is 2.97. The van der Waals surface area contributed by atoms with Crippen molar-refractivity contribution in [2.45, 2.75) is 37.9 Å². The summed E-state index contributed by atoms with van der Waals surface area (Å²) in [5.74, 6) is 1.51. The number of aromatic nitrogens is 1. The van der Waals surface area contributed by atoms with Crippen molar-refractivity contribution in [1.29, 1.82) is 0 Å². The van der Waals surface area contributed by atoms with Gasteiger partial charge in [-0.2, -0.15) is 0 Å². The molecular formula is C20H25Cl2N3OS. The van der Waals surface area contributed by atoms with Gasteiger partial charge in [-0.3, -0.25) is 4.79 Å². The largest absolute Gasteiger partial charge is 0.388 e. The molecule has 7 heteroatoms. The highest BCUT2D eigenvalue weighted by molar-refractivity contribution is 8.01. The molecule has 1 aromatic carbocycles. The number of anilines is 2. The number of carbonyl (C=O) groups is 1. The van der Waals surface area contributed by atoms with E-state index in [2.05, 4.69) is 36.3 Å². The minimum absolute atomic E-state index is 0.386. The summed E-state index contributed by atoms with van der Waals surface area (Å²) in [6.45, 7) is 4.19. The molecule has 0 spiro atoms. The maximum absolute atomic E-state index is 10.7. The number of hydrogen-bond donors (Lipinski definition) is 1. The van der Waals surface area contributed by atoms with E-state index in [0.29, 0.717) is 15.8 Å². The Morgan fingerprint density at radius 3 is 2.52 bits per heavy atom. The molecule has 1 aromatic heterocycles. The molecule has 1 aliphatic rings. The molecule has 0 aliphatic heterocycles. The predicted octanol–water partition coefficient (Wildman–Crippen LogP) is 6.30. The van der Waals surface area contributed by atoms with Crippen molar-refractivity contribution >= 4 is 52.9 Å². The van der Waals surface area contributed by atoms with Crippen LogP contribution in [0.2, 0.25) is 10.0 Å². The quantitative estimate of drug-likeness (QED) is 0.434. The Hall–Kier alpha value is -1.43. The van der Waals surface area contributed by atoms with Gasteiger partial charge in [-0.1, -0.05) is 37.0 Å². The fraction of sp³-hybridized carbons (Fsp3) is 0.400. The standard InChI is InChI=1S/C10H13ClN2OS.C10H12ClN/c1-7(2)15-13(3)10-4-8(6-14)9(11)5-12-10;1-12-10-5-8(7-2-3-7)4-9(11)6-10/h4-7H,1-3H3;4-7,12H,2-3H2,1H3. The van der Waals surface area contributed by atoms with Gasteiger partial charge in [0.05, 0.1) is 5.02 Å². The molecule has 1 heterocycles. The van der Waals surface area contributed by atoms with E-state index in [9.17, 15) is 4.79 Å². The molecule has 1 N–H and O–H groups in total. The molecule has 2 aromatic rings. The van der Waals surface area contributed by atoms with Gasteiger partial charge >= 0.3 is 0 Å². The summed E-state index contributed by atoms with van der Waals surface area (Å²) >= 11 is 13.4. The van der Waals surface area contributed by atoms with Gasteiger partial charge in [0.25, 0.3) is 0 Å². The molecule has 4 nitrogen and oxygen atoms in total. The van der Waals surface area contributed by atoms with Crippen LogP contribution in [0.4, 0.5) is 11.5 Å². The van der Waals surface area contributed by atoms with Crippen molar-refractivity contribution in [3.05, 3.63) is 51.6 Å². The van der Waals surface area contributed by atoms with Crippen LogP contribution in [0.5, 0.6) is 0 Å². The molecule has 0 atom stereocenters. The van der Waals surface area contributed by atoms with Gasteiger partial charge in [-0.15, -0.1) is 0 Å². The molecule has 1 aliphatic carbocycles. The van der Waals surface area contributed by atoms with Crippen molar-refractivity contribution in [2.75, 3.05) is 23.7 Å². The minimum atomic E-state index is 0.386. The van der Waals surface area contributed by atoms with Crippen LogP contribution in [-0.4, -0.2) is 30.6 Å². The van der Waals surface area contributed by atoms with Crippen LogP contribution in [0.3, 0.4) is 0 Å². The van der Waals surface area contributed by atoms with E-state index in [4.69, 9.17) is 23.2 Å². The molecule has 27 heavy (non-hydrogen) atoms. The van der Waals surface area contributed by atoms with Crippen LogP contribution in [0, 0.1) is 0 Å². The van der Waals surface area contributed by atoms with Crippen LogP contribution in [-0.2, 0) is 0 Å². The summed E-state index contributed by atoms with van der Waals surface area (Å²) in [6, 6.07) is 7.89. The van der Waals surface area contributed by atoms with Gasteiger partial charge in [0, 0.05) is 41.8 Å². The van der Waals surface area contributed by atoms with E-state index in [1.165, 1.54) is 24.6 Å². The topological polar surface area (TPSA) is 45.2 Å². The first-order chi connectivity index (χ1) is 12.8. The lowest BCUT2D eigenvalue weighted by atomic mass is 10.1. The third kappa shape index (κ3) is 6.91. The maximum atomic E-state index is 10.7. The van der Waals surface area contributed by atoms with Crippen LogP contribution in [0.25, 0.3) is 0 Å². The number of pyridine rings is 1. The molecule has 0 amide bonds. The summed E-state index contributed by atoms with van der Waals surface area (Å²) in [5, 5.41) is 4.79. The Balaban J connectivity index is 0.000000198. The second-order valence-electron chi connectivity index (χ2n) is 6.63. The predicted molar refractivity (Wildman–Crippen MR) is 119 cm³/mol. The van der Waals surface area contributed by atoms with Crippen LogP contribution in [0.1, 0.15) is 48.5 Å². The van der Waals surface area contributed by atoms with Crippen LogP contribution < -0.4 is 9.62 Å². The second kappa shape index (κ2) is 10.2. The zero-order valence-electron chi connectivity index (χ0n) is 16.0. The Labute approximate surface area is 175 Å². The van der Waals surface area contributed by atoms with E-state index >= 15 is 0 Å². The first-order valence-electron chi connectivity index (χ1n) is 8.83. The average Bonchev–Trinajstić information content (AvgIpc) is 3.46. The summed E-state index contributed by atoms with van der Waals surface area (Å²) in [7, 11) is 3.83. The van der Waals surface area contributed by atoms with Crippen molar-refractivity contribution in [3.63, 3.8) is 0 Å². The molecule has 0 radical (unpaired) electrons. The highest BCUT2D eigenvalue weighted by Gasteiger charge is 2.23. The van der Waals surface area contributed by atoms with Crippen molar-refractivity contribution < 1.29 is 4.79 Å². The smallest absolute Gasteiger partial charge is 0.151 e. The average molecular weight is 426 g/mol. The first kappa shape index (κ1) is 21.9. The van der Waals surface area contributed by atoms with E-state index in [1.54, 1.807) is 18.0 Å². The third-order valence-corrected chi connectivity index (χ3v) is 5.41. The minimum Gasteiger partial charge on any atom is -0.388 e. The Bertz CT molecular complexity index is 782. The highest BCUT2D eigenvalue weighted by Crippen LogP contribution is 2.41. The number of carbonyl (C=O) groups excluding carboxylic acids is 1. The summed E-state index contributed by atoms with van der Waals surface area (Å²) < 4.78 is 1.92. The Kier molecular flexibility index (Phi) is 8.27. The first-order valence-corrected chi connectivity index (χ1v) is 10.4. The normalized spacial score (nSPS) is 13.0. The monoisotopic (exact) mass is 425 g/mol. The molecule has 0 saturated heterocycles. The molecule has 1 saturated carbocycles. The van der Waals surface area contributed by atoms with Gasteiger partial charge in [0.15, 0.2) is 6.29 Å². The van der Waals surface area contributed by atoms with E-state index in [0.717, 1.165) is 28.7 Å². The molecular weight excluding hydrogens is 401 g/mol. The van der Waals surface area contributed by atoms with Gasteiger partial charge in [0.1, 0.15) is 5.82 Å². The lowest BCUT2D eigenvalue weighted by Crippen LogP contribution is -2.12. The molecule has 3 rings (SSSR count). The number of aldehydes is 1. The van der Waals surface area contributed by atoms with E-state index in [1.807, 2.05) is 24.5 Å². The lowest BCUT2D eigenvalue weighted by molar-refractivity contribution is 0.112. The third-order valence-electron chi connectivity index (χ3n) is 3.95. The lowest BCUT2D eigenvalue weighted by Gasteiger charge is -2.19. The highest BCUT2D eigenvalue weighted by atomic mass is 35.5. The number of benzene rings is 1. The molecule has 0 bridgehead atoms. The van der Waals surface area contributed by atoms with Gasteiger partial charge < -0.3 is 9.62 Å². The summed E-state index contributed by atoms with van der Waals surface area (Å²) in [6.07, 6.45) is 4.88. The van der Waals surface area contributed by atoms with E-state index in [-0.39, 0.29) is 0 Å². The van der Waals surface area contributed by atoms with Crippen molar-refractivity contribution in [3.8, 4) is 0 Å². The fourth-order valence-electron chi connectivity index (χ4n) is 2.48. The van der Waals surface area contributed by atoms with Crippen LogP contribution >= 0.6 is 35.1 Å². The van der Waals surface area contributed by atoms with Crippen LogP contribution in [0.15, 0.2) is 30.5 Å². The summed E-state index contributed by atoms with van der Waals surface area (Å²) in [4.78, 5) is 14.8.